The molecule has 5 heteroatoms. The van der Waals surface area contributed by atoms with E-state index in [0.29, 0.717) is 23.4 Å². The van der Waals surface area contributed by atoms with E-state index in [9.17, 15) is 9.90 Å². The van der Waals surface area contributed by atoms with Crippen LogP contribution in [-0.4, -0.2) is 20.9 Å². The van der Waals surface area contributed by atoms with Gasteiger partial charge in [-0.2, -0.15) is 10.4 Å². The Bertz CT molecular complexity index is 936. The highest BCUT2D eigenvalue weighted by molar-refractivity contribution is 5.96. The van der Waals surface area contributed by atoms with Crippen LogP contribution in [0.2, 0.25) is 0 Å². The van der Waals surface area contributed by atoms with E-state index in [4.69, 9.17) is 5.26 Å². The maximum Gasteiger partial charge on any atom is 0.339 e. The van der Waals surface area contributed by atoms with E-state index in [-0.39, 0.29) is 5.56 Å². The van der Waals surface area contributed by atoms with Gasteiger partial charge in [-0.3, -0.25) is 0 Å². The fourth-order valence-electron chi connectivity index (χ4n) is 2.83. The molecule has 0 atom stereocenters. The summed E-state index contributed by atoms with van der Waals surface area (Å²) >= 11 is 0. The van der Waals surface area contributed by atoms with Gasteiger partial charge in [0.05, 0.1) is 28.7 Å². The van der Waals surface area contributed by atoms with Crippen LogP contribution in [0.15, 0.2) is 54.6 Å². The quantitative estimate of drug-likeness (QED) is 0.764. The molecule has 0 saturated carbocycles. The van der Waals surface area contributed by atoms with Gasteiger partial charge in [0.25, 0.3) is 0 Å². The predicted octanol–water partition coefficient (Wildman–Crippen LogP) is 4.06. The molecule has 0 fully saturated rings. The van der Waals surface area contributed by atoms with Gasteiger partial charge in [-0.1, -0.05) is 43.7 Å². The van der Waals surface area contributed by atoms with Crippen molar-refractivity contribution in [2.24, 2.45) is 0 Å². The van der Waals surface area contributed by atoms with Crippen molar-refractivity contribution in [3.05, 3.63) is 71.4 Å². The van der Waals surface area contributed by atoms with E-state index >= 15 is 0 Å². The molecule has 0 amide bonds. The molecular formula is C20H17N3O2. The molecule has 1 heterocycles. The lowest BCUT2D eigenvalue weighted by Gasteiger charge is -2.09. The van der Waals surface area contributed by atoms with Gasteiger partial charge in [-0.05, 0) is 30.7 Å². The first-order valence-corrected chi connectivity index (χ1v) is 8.06. The van der Waals surface area contributed by atoms with Crippen LogP contribution < -0.4 is 0 Å². The van der Waals surface area contributed by atoms with Crippen molar-refractivity contribution in [3.63, 3.8) is 0 Å². The summed E-state index contributed by atoms with van der Waals surface area (Å²) in [5, 5.41) is 23.3. The zero-order valence-electron chi connectivity index (χ0n) is 13.8. The number of rotatable bonds is 5. The lowest BCUT2D eigenvalue weighted by atomic mass is 10.0. The molecule has 2 aromatic carbocycles. The monoisotopic (exact) mass is 331 g/mol. The van der Waals surface area contributed by atoms with E-state index in [1.807, 2.05) is 37.3 Å². The summed E-state index contributed by atoms with van der Waals surface area (Å²) in [5.74, 6) is -0.984. The second kappa shape index (κ2) is 7.02. The molecule has 0 saturated heterocycles. The minimum atomic E-state index is -0.984. The number of nitriles is 1. The van der Waals surface area contributed by atoms with Gasteiger partial charge >= 0.3 is 5.97 Å². The molecule has 1 aromatic heterocycles. The van der Waals surface area contributed by atoms with Gasteiger partial charge in [0.2, 0.25) is 0 Å². The first-order chi connectivity index (χ1) is 12.2. The van der Waals surface area contributed by atoms with Gasteiger partial charge in [0.1, 0.15) is 5.56 Å². The Labute approximate surface area is 145 Å². The summed E-state index contributed by atoms with van der Waals surface area (Å²) in [6, 6.07) is 18.4. The molecule has 1 N–H and O–H groups in total. The zero-order chi connectivity index (χ0) is 17.8. The maximum absolute atomic E-state index is 11.9. The Hall–Kier alpha value is -3.39. The largest absolute Gasteiger partial charge is 0.478 e. The van der Waals surface area contributed by atoms with Crippen molar-refractivity contribution in [2.75, 3.05) is 0 Å². The Morgan fingerprint density at radius 1 is 1.16 bits per heavy atom. The highest BCUT2D eigenvalue weighted by Crippen LogP contribution is 2.30. The molecule has 0 radical (unpaired) electrons. The highest BCUT2D eigenvalue weighted by atomic mass is 16.4. The molecule has 124 valence electrons. The number of carboxylic acid groups (broad SMARTS) is 1. The number of aromatic carboxylic acids is 1. The molecule has 0 unspecified atom stereocenters. The number of benzene rings is 2. The van der Waals surface area contributed by atoms with Crippen LogP contribution in [0.1, 0.15) is 35.0 Å². The van der Waals surface area contributed by atoms with E-state index in [1.54, 1.807) is 28.9 Å². The smallest absolute Gasteiger partial charge is 0.339 e. The Morgan fingerprint density at radius 2 is 1.84 bits per heavy atom. The first kappa shape index (κ1) is 16.5. The van der Waals surface area contributed by atoms with Crippen LogP contribution in [0.3, 0.4) is 0 Å². The van der Waals surface area contributed by atoms with Crippen LogP contribution in [0.5, 0.6) is 0 Å². The third-order valence-corrected chi connectivity index (χ3v) is 3.95. The summed E-state index contributed by atoms with van der Waals surface area (Å²) in [7, 11) is 0. The molecule has 25 heavy (non-hydrogen) atoms. The summed E-state index contributed by atoms with van der Waals surface area (Å²) in [4.78, 5) is 11.9. The number of carbonyl (C=O) groups is 1. The lowest BCUT2D eigenvalue weighted by Crippen LogP contribution is -2.03. The summed E-state index contributed by atoms with van der Waals surface area (Å²) in [6.45, 7) is 1.99. The molecule has 0 bridgehead atoms. The molecule has 0 spiro atoms. The van der Waals surface area contributed by atoms with Crippen molar-refractivity contribution >= 4 is 5.97 Å². The van der Waals surface area contributed by atoms with Crippen LogP contribution in [-0.2, 0) is 6.42 Å². The Morgan fingerprint density at radius 3 is 2.40 bits per heavy atom. The molecule has 5 nitrogen and oxygen atoms in total. The minimum Gasteiger partial charge on any atom is -0.478 e. The van der Waals surface area contributed by atoms with E-state index in [0.717, 1.165) is 17.7 Å². The SMILES string of the molecule is CCCc1nn(-c2ccc(C#N)cc2)c(-c2ccccc2)c1C(=O)O. The second-order valence-corrected chi connectivity index (χ2v) is 5.66. The molecule has 0 aliphatic heterocycles. The topological polar surface area (TPSA) is 78.9 Å². The van der Waals surface area contributed by atoms with Crippen molar-refractivity contribution < 1.29 is 9.90 Å². The van der Waals surface area contributed by atoms with Crippen molar-refractivity contribution in [1.82, 2.24) is 9.78 Å². The molecule has 0 aliphatic carbocycles. The maximum atomic E-state index is 11.9. The average Bonchev–Trinajstić information content (AvgIpc) is 3.02. The van der Waals surface area contributed by atoms with E-state index in [2.05, 4.69) is 11.2 Å². The highest BCUT2D eigenvalue weighted by Gasteiger charge is 2.24. The number of aryl methyl sites for hydroxylation is 1. The van der Waals surface area contributed by atoms with Crippen LogP contribution in [0.25, 0.3) is 16.9 Å². The predicted molar refractivity (Wildman–Crippen MR) is 94.7 cm³/mol. The third kappa shape index (κ3) is 3.15. The van der Waals surface area contributed by atoms with E-state index in [1.165, 1.54) is 0 Å². The average molecular weight is 331 g/mol. The number of hydrogen-bond donors (Lipinski definition) is 1. The molecule has 3 aromatic rings. The molecular weight excluding hydrogens is 314 g/mol. The van der Waals surface area contributed by atoms with Gasteiger partial charge in [-0.15, -0.1) is 0 Å². The lowest BCUT2D eigenvalue weighted by molar-refractivity contribution is 0.0696. The molecule has 3 rings (SSSR count). The summed E-state index contributed by atoms with van der Waals surface area (Å²) < 4.78 is 1.66. The van der Waals surface area contributed by atoms with Crippen LogP contribution >= 0.6 is 0 Å². The Kier molecular flexibility index (Phi) is 4.62. The summed E-state index contributed by atoms with van der Waals surface area (Å²) in [6.07, 6.45) is 1.39. The first-order valence-electron chi connectivity index (χ1n) is 8.06. The van der Waals surface area contributed by atoms with Gasteiger partial charge in [-0.25, -0.2) is 9.48 Å². The van der Waals surface area contributed by atoms with Gasteiger partial charge in [0, 0.05) is 5.56 Å². The number of aromatic nitrogens is 2. The third-order valence-electron chi connectivity index (χ3n) is 3.95. The standard InChI is InChI=1S/C20H17N3O2/c1-2-6-17-18(20(24)25)19(15-7-4-3-5-8-15)23(22-17)16-11-9-14(13-21)10-12-16/h3-5,7-12H,2,6H2,1H3,(H,24,25). The Balaban J connectivity index is 2.28. The second-order valence-electron chi connectivity index (χ2n) is 5.66. The van der Waals surface area contributed by atoms with Crippen molar-refractivity contribution in [3.8, 4) is 23.0 Å². The fourth-order valence-corrected chi connectivity index (χ4v) is 2.83. The number of carboxylic acids is 1. The normalized spacial score (nSPS) is 10.4. The molecule has 0 aliphatic rings. The van der Waals surface area contributed by atoms with Gasteiger partial charge < -0.3 is 5.11 Å². The van der Waals surface area contributed by atoms with Crippen LogP contribution in [0, 0.1) is 11.3 Å². The zero-order valence-corrected chi connectivity index (χ0v) is 13.8. The van der Waals surface area contributed by atoms with Crippen molar-refractivity contribution in [1.29, 1.82) is 5.26 Å². The van der Waals surface area contributed by atoms with Crippen molar-refractivity contribution in [2.45, 2.75) is 19.8 Å². The summed E-state index contributed by atoms with van der Waals surface area (Å²) in [5.41, 5.74) is 3.42. The fraction of sp³-hybridized carbons (Fsp3) is 0.150. The van der Waals surface area contributed by atoms with Crippen LogP contribution in [0.4, 0.5) is 0 Å². The number of nitrogens with zero attached hydrogens (tertiary/aromatic N) is 3. The van der Waals surface area contributed by atoms with Gasteiger partial charge in [0.15, 0.2) is 0 Å². The minimum absolute atomic E-state index is 0.234. The van der Waals surface area contributed by atoms with E-state index < -0.39 is 5.97 Å². The number of hydrogen-bond acceptors (Lipinski definition) is 3.